The van der Waals surface area contributed by atoms with E-state index >= 15 is 0 Å². The maximum Gasteiger partial charge on any atom is 0.152 e. The first-order valence-corrected chi connectivity index (χ1v) is 6.73. The maximum absolute atomic E-state index is 6.11. The number of allylic oxidation sites excluding steroid dienone is 5. The molecule has 1 aromatic rings. The summed E-state index contributed by atoms with van der Waals surface area (Å²) in [7, 11) is 0. The highest BCUT2D eigenvalue weighted by atomic mass is 16.5. The molecule has 0 aliphatic heterocycles. The van der Waals surface area contributed by atoms with Crippen LogP contribution in [-0.2, 0) is 0 Å². The predicted molar refractivity (Wildman–Crippen MR) is 74.3 cm³/mol. The molecule has 2 bridgehead atoms. The number of aromatic nitrogens is 1. The Labute approximate surface area is 112 Å². The molecule has 0 radical (unpaired) electrons. The van der Waals surface area contributed by atoms with Crippen molar-refractivity contribution in [2.75, 3.05) is 5.73 Å². The number of nitrogens with zero attached hydrogens (tertiary/aromatic N) is 1. The smallest absolute Gasteiger partial charge is 0.152 e. The van der Waals surface area contributed by atoms with Crippen LogP contribution < -0.4 is 10.5 Å². The van der Waals surface area contributed by atoms with Gasteiger partial charge in [0.05, 0.1) is 17.3 Å². The minimum Gasteiger partial charge on any atom is -0.459 e. The molecule has 3 atom stereocenters. The van der Waals surface area contributed by atoms with E-state index in [2.05, 4.69) is 35.4 Å². The van der Waals surface area contributed by atoms with E-state index < -0.39 is 0 Å². The summed E-state index contributed by atoms with van der Waals surface area (Å²) in [4.78, 5) is 4.00. The lowest BCUT2D eigenvalue weighted by molar-refractivity contribution is 0.258. The van der Waals surface area contributed by atoms with Gasteiger partial charge in [0.2, 0.25) is 0 Å². The number of rotatable bonds is 2. The van der Waals surface area contributed by atoms with Crippen molar-refractivity contribution < 1.29 is 4.74 Å². The quantitative estimate of drug-likeness (QED) is 0.880. The third kappa shape index (κ3) is 1.47. The van der Waals surface area contributed by atoms with Crippen LogP contribution in [0.1, 0.15) is 12.8 Å². The van der Waals surface area contributed by atoms with Gasteiger partial charge in [0.25, 0.3) is 0 Å². The van der Waals surface area contributed by atoms with Crippen LogP contribution in [0.2, 0.25) is 0 Å². The third-order valence-corrected chi connectivity index (χ3v) is 4.54. The minimum absolute atomic E-state index is 0.0646. The highest BCUT2D eigenvalue weighted by Gasteiger charge is 2.53. The zero-order chi connectivity index (χ0) is 12.9. The van der Waals surface area contributed by atoms with Crippen molar-refractivity contribution in [1.82, 2.24) is 4.98 Å². The van der Waals surface area contributed by atoms with E-state index in [1.54, 1.807) is 12.4 Å². The summed E-state index contributed by atoms with van der Waals surface area (Å²) in [5.74, 6) is 2.98. The van der Waals surface area contributed by atoms with Crippen molar-refractivity contribution in [1.29, 1.82) is 0 Å². The Kier molecular flexibility index (Phi) is 2.13. The molecule has 1 spiro atoms. The zero-order valence-corrected chi connectivity index (χ0v) is 10.6. The molecule has 3 aliphatic rings. The molecule has 19 heavy (non-hydrogen) atoms. The Morgan fingerprint density at radius 1 is 1.37 bits per heavy atom. The van der Waals surface area contributed by atoms with Crippen LogP contribution in [0.3, 0.4) is 0 Å². The largest absolute Gasteiger partial charge is 0.459 e. The predicted octanol–water partition coefficient (Wildman–Crippen LogP) is 3.08. The lowest BCUT2D eigenvalue weighted by Gasteiger charge is -2.34. The van der Waals surface area contributed by atoms with Crippen LogP contribution in [-0.4, -0.2) is 4.98 Å². The van der Waals surface area contributed by atoms with Crippen molar-refractivity contribution in [2.24, 2.45) is 17.3 Å². The minimum atomic E-state index is 0.0646. The summed E-state index contributed by atoms with van der Waals surface area (Å²) < 4.78 is 6.11. The van der Waals surface area contributed by atoms with Crippen LogP contribution in [0.4, 0.5) is 5.69 Å². The first-order chi connectivity index (χ1) is 9.28. The number of nitrogens with two attached hydrogens (primary N) is 1. The fourth-order valence-electron chi connectivity index (χ4n) is 3.67. The first-order valence-electron chi connectivity index (χ1n) is 6.73. The van der Waals surface area contributed by atoms with E-state index in [0.717, 1.165) is 5.76 Å². The van der Waals surface area contributed by atoms with E-state index in [1.807, 2.05) is 6.07 Å². The zero-order valence-electron chi connectivity index (χ0n) is 10.6. The summed E-state index contributed by atoms with van der Waals surface area (Å²) in [6.45, 7) is 0. The van der Waals surface area contributed by atoms with Gasteiger partial charge in [-0.25, -0.2) is 0 Å². The van der Waals surface area contributed by atoms with Crippen molar-refractivity contribution >= 4 is 5.69 Å². The summed E-state index contributed by atoms with van der Waals surface area (Å²) in [5, 5.41) is 0. The molecular formula is C16H16N2O. The van der Waals surface area contributed by atoms with Crippen LogP contribution in [0.5, 0.6) is 5.75 Å². The van der Waals surface area contributed by atoms with Gasteiger partial charge in [-0.15, -0.1) is 0 Å². The number of nitrogen functional groups attached to an aromatic ring is 1. The number of anilines is 1. The number of hydrogen-bond donors (Lipinski definition) is 1. The van der Waals surface area contributed by atoms with E-state index in [4.69, 9.17) is 10.5 Å². The van der Waals surface area contributed by atoms with E-state index in [9.17, 15) is 0 Å². The molecule has 3 heteroatoms. The van der Waals surface area contributed by atoms with E-state index in [1.165, 1.54) is 12.8 Å². The molecule has 2 N–H and O–H groups in total. The first kappa shape index (κ1) is 10.9. The molecule has 0 amide bonds. The van der Waals surface area contributed by atoms with Gasteiger partial charge >= 0.3 is 0 Å². The summed E-state index contributed by atoms with van der Waals surface area (Å²) >= 11 is 0. The van der Waals surface area contributed by atoms with Crippen LogP contribution in [0.25, 0.3) is 0 Å². The Balaban J connectivity index is 1.70. The highest BCUT2D eigenvalue weighted by Crippen LogP contribution is 2.60. The fourth-order valence-corrected chi connectivity index (χ4v) is 3.67. The molecule has 3 unspecified atom stereocenters. The molecule has 1 saturated carbocycles. The topological polar surface area (TPSA) is 48.1 Å². The molecule has 0 aromatic carbocycles. The van der Waals surface area contributed by atoms with E-state index in [-0.39, 0.29) is 5.41 Å². The average molecular weight is 252 g/mol. The second-order valence-electron chi connectivity index (χ2n) is 5.64. The van der Waals surface area contributed by atoms with Gasteiger partial charge < -0.3 is 10.5 Å². The van der Waals surface area contributed by atoms with Crippen LogP contribution in [0, 0.1) is 17.3 Å². The van der Waals surface area contributed by atoms with E-state index in [0.29, 0.717) is 23.3 Å². The second kappa shape index (κ2) is 3.73. The fraction of sp³-hybridized carbons (Fsp3) is 0.312. The van der Waals surface area contributed by atoms with Gasteiger partial charge in [-0.2, -0.15) is 0 Å². The number of hydrogen-bond acceptors (Lipinski definition) is 3. The third-order valence-electron chi connectivity index (χ3n) is 4.54. The standard InChI is InChI=1S/C16H16N2O/c17-13-10-18-6-4-14(13)19-15-8-11-7-12-3-1-2-5-16(12,15)9-11/h1-6,8,10-12H,7,9,17H2. The van der Waals surface area contributed by atoms with Gasteiger partial charge in [0.15, 0.2) is 5.75 Å². The Hall–Kier alpha value is -2.03. The average Bonchev–Trinajstić information content (AvgIpc) is 2.94. The van der Waals surface area contributed by atoms with Gasteiger partial charge in [0.1, 0.15) is 5.76 Å². The lowest BCUT2D eigenvalue weighted by atomic mass is 9.74. The molecule has 1 aromatic heterocycles. The molecule has 3 aliphatic carbocycles. The maximum atomic E-state index is 6.11. The summed E-state index contributed by atoms with van der Waals surface area (Å²) in [6, 6.07) is 1.83. The van der Waals surface area contributed by atoms with Crippen LogP contribution in [0.15, 0.2) is 54.6 Å². The molecule has 0 saturated heterocycles. The monoisotopic (exact) mass is 252 g/mol. The molecule has 3 nitrogen and oxygen atoms in total. The van der Waals surface area contributed by atoms with Crippen molar-refractivity contribution in [3.8, 4) is 5.75 Å². The lowest BCUT2D eigenvalue weighted by Crippen LogP contribution is -2.28. The molecule has 1 fully saturated rings. The van der Waals surface area contributed by atoms with Crippen molar-refractivity contribution in [2.45, 2.75) is 12.8 Å². The van der Waals surface area contributed by atoms with Crippen molar-refractivity contribution in [3.05, 3.63) is 54.6 Å². The molecule has 96 valence electrons. The van der Waals surface area contributed by atoms with Gasteiger partial charge in [0, 0.05) is 12.3 Å². The summed E-state index contributed by atoms with van der Waals surface area (Å²) in [5.41, 5.74) is 6.57. The molecular weight excluding hydrogens is 236 g/mol. The number of ether oxygens (including phenoxy) is 1. The highest BCUT2D eigenvalue weighted by molar-refractivity contribution is 5.51. The van der Waals surface area contributed by atoms with Gasteiger partial charge in [-0.1, -0.05) is 24.3 Å². The normalized spacial score (nSPS) is 34.2. The van der Waals surface area contributed by atoms with Gasteiger partial charge in [-0.05, 0) is 30.8 Å². The Morgan fingerprint density at radius 2 is 2.32 bits per heavy atom. The Bertz CT molecular complexity index is 617. The van der Waals surface area contributed by atoms with Gasteiger partial charge in [-0.3, -0.25) is 4.98 Å². The molecule has 1 heterocycles. The second-order valence-corrected chi connectivity index (χ2v) is 5.64. The Morgan fingerprint density at radius 3 is 3.21 bits per heavy atom. The number of fused-ring (bicyclic) bond motifs is 1. The summed E-state index contributed by atoms with van der Waals surface area (Å²) in [6.07, 6.45) is 16.9. The number of pyridine rings is 1. The van der Waals surface area contributed by atoms with Crippen LogP contribution >= 0.6 is 0 Å². The SMILES string of the molecule is Nc1cnccc1OC1=CC2CC3C=CC=CC13C2. The molecule has 4 rings (SSSR count). The van der Waals surface area contributed by atoms with Crippen molar-refractivity contribution in [3.63, 3.8) is 0 Å².